The minimum atomic E-state index is -0.509. The molecule has 0 aliphatic carbocycles. The van der Waals surface area contributed by atoms with Crippen molar-refractivity contribution in [1.82, 2.24) is 0 Å². The molecule has 1 aromatic heterocycles. The van der Waals surface area contributed by atoms with Gasteiger partial charge in [-0.3, -0.25) is 9.59 Å². The van der Waals surface area contributed by atoms with Crippen LogP contribution in [0.4, 0.5) is 11.4 Å². The fourth-order valence-corrected chi connectivity index (χ4v) is 3.60. The van der Waals surface area contributed by atoms with Crippen LogP contribution in [0.15, 0.2) is 29.6 Å². The number of halogens is 1. The van der Waals surface area contributed by atoms with E-state index in [9.17, 15) is 14.4 Å². The molecule has 0 spiro atoms. The number of nitrogens with zero attached hydrogens (tertiary/aromatic N) is 1. The van der Waals surface area contributed by atoms with Crippen molar-refractivity contribution in [2.75, 3.05) is 23.9 Å². The number of thiophene rings is 1. The summed E-state index contributed by atoms with van der Waals surface area (Å²) in [5.74, 6) is -0.914. The lowest BCUT2D eigenvalue weighted by molar-refractivity contribution is -0.117. The molecule has 2 heterocycles. The second-order valence-electron chi connectivity index (χ2n) is 5.42. The molecule has 1 aliphatic rings. The smallest absolute Gasteiger partial charge is 0.350 e. The Hall–Kier alpha value is -2.38. The van der Waals surface area contributed by atoms with Gasteiger partial charge in [-0.1, -0.05) is 11.6 Å². The first kappa shape index (κ1) is 17.4. The van der Waals surface area contributed by atoms with E-state index in [1.54, 1.807) is 34.5 Å². The molecule has 1 N–H and O–H groups in total. The van der Waals surface area contributed by atoms with Crippen molar-refractivity contribution in [2.24, 2.45) is 0 Å². The maximum Gasteiger partial charge on any atom is 0.350 e. The summed E-state index contributed by atoms with van der Waals surface area (Å²) in [5.41, 5.74) is 1.26. The monoisotopic (exact) mass is 378 g/mol. The largest absolute Gasteiger partial charge is 0.465 e. The second kappa shape index (κ2) is 7.25. The van der Waals surface area contributed by atoms with Crippen LogP contribution in [0.2, 0.25) is 5.02 Å². The Bertz CT molecular complexity index is 849. The first-order valence-electron chi connectivity index (χ1n) is 7.58. The van der Waals surface area contributed by atoms with E-state index in [-0.39, 0.29) is 5.91 Å². The molecule has 0 bridgehead atoms. The Morgan fingerprint density at radius 2 is 2.12 bits per heavy atom. The van der Waals surface area contributed by atoms with Crippen molar-refractivity contribution in [3.8, 4) is 0 Å². The zero-order valence-electron chi connectivity index (χ0n) is 13.4. The van der Waals surface area contributed by atoms with Crippen LogP contribution < -0.4 is 10.2 Å². The summed E-state index contributed by atoms with van der Waals surface area (Å²) in [5, 5.41) is 4.80. The number of hydrogen-bond donors (Lipinski definition) is 1. The number of rotatable bonds is 4. The molecule has 1 fully saturated rings. The van der Waals surface area contributed by atoms with Gasteiger partial charge in [-0.15, -0.1) is 11.3 Å². The molecule has 6 nitrogen and oxygen atoms in total. The maximum atomic E-state index is 12.5. The summed E-state index contributed by atoms with van der Waals surface area (Å²) >= 11 is 7.37. The topological polar surface area (TPSA) is 75.7 Å². The summed E-state index contributed by atoms with van der Waals surface area (Å²) in [6.45, 7) is 0.584. The SMILES string of the molecule is COC(=O)c1sccc1NC(=O)c1ccc(Cl)c(N2CCCC2=O)c1. The van der Waals surface area contributed by atoms with Crippen LogP contribution in [0, 0.1) is 0 Å². The molecule has 0 radical (unpaired) electrons. The van der Waals surface area contributed by atoms with Gasteiger partial charge in [0.25, 0.3) is 5.91 Å². The fourth-order valence-electron chi connectivity index (χ4n) is 2.62. The van der Waals surface area contributed by atoms with Crippen molar-refractivity contribution in [3.63, 3.8) is 0 Å². The van der Waals surface area contributed by atoms with E-state index in [0.717, 1.165) is 6.42 Å². The lowest BCUT2D eigenvalue weighted by atomic mass is 10.1. The highest BCUT2D eigenvalue weighted by atomic mass is 35.5. The molecule has 2 aromatic rings. The number of ether oxygens (including phenoxy) is 1. The molecule has 8 heteroatoms. The molecule has 25 heavy (non-hydrogen) atoms. The molecule has 0 saturated carbocycles. The average molecular weight is 379 g/mol. The third-order valence-corrected chi connectivity index (χ3v) is 5.07. The van der Waals surface area contributed by atoms with Crippen molar-refractivity contribution >= 4 is 52.1 Å². The van der Waals surface area contributed by atoms with Gasteiger partial charge >= 0.3 is 5.97 Å². The highest BCUT2D eigenvalue weighted by molar-refractivity contribution is 7.12. The van der Waals surface area contributed by atoms with E-state index in [4.69, 9.17) is 16.3 Å². The van der Waals surface area contributed by atoms with Gasteiger partial charge in [-0.05, 0) is 36.1 Å². The minimum absolute atomic E-state index is 0.00901. The van der Waals surface area contributed by atoms with Gasteiger partial charge in [0.1, 0.15) is 4.88 Å². The Morgan fingerprint density at radius 3 is 2.80 bits per heavy atom. The van der Waals surface area contributed by atoms with E-state index >= 15 is 0 Å². The Kier molecular flexibility index (Phi) is 5.06. The minimum Gasteiger partial charge on any atom is -0.465 e. The molecule has 1 aliphatic heterocycles. The zero-order chi connectivity index (χ0) is 18.0. The zero-order valence-corrected chi connectivity index (χ0v) is 14.9. The number of carbonyl (C=O) groups is 3. The molecular formula is C17H15ClN2O4S. The molecule has 2 amide bonds. The van der Waals surface area contributed by atoms with Gasteiger partial charge < -0.3 is 15.0 Å². The van der Waals surface area contributed by atoms with Crippen LogP contribution in [-0.2, 0) is 9.53 Å². The van der Waals surface area contributed by atoms with Crippen molar-refractivity contribution in [3.05, 3.63) is 45.1 Å². The average Bonchev–Trinajstić information content (AvgIpc) is 3.23. The van der Waals surface area contributed by atoms with Crippen LogP contribution in [0.1, 0.15) is 32.9 Å². The first-order chi connectivity index (χ1) is 12.0. The molecule has 0 unspecified atom stereocenters. The van der Waals surface area contributed by atoms with Crippen LogP contribution in [0.25, 0.3) is 0 Å². The molecular weight excluding hydrogens is 364 g/mol. The molecule has 130 valence electrons. The number of hydrogen-bond acceptors (Lipinski definition) is 5. The van der Waals surface area contributed by atoms with Gasteiger partial charge in [0, 0.05) is 18.5 Å². The van der Waals surface area contributed by atoms with Crippen LogP contribution in [0.5, 0.6) is 0 Å². The number of carbonyl (C=O) groups excluding carboxylic acids is 3. The van der Waals surface area contributed by atoms with Gasteiger partial charge in [0.05, 0.1) is 23.5 Å². The van der Waals surface area contributed by atoms with E-state index in [2.05, 4.69) is 5.32 Å². The lowest BCUT2D eigenvalue weighted by Gasteiger charge is -2.18. The van der Waals surface area contributed by atoms with E-state index in [1.165, 1.54) is 18.4 Å². The number of esters is 1. The molecule has 1 saturated heterocycles. The highest BCUT2D eigenvalue weighted by Gasteiger charge is 2.25. The van der Waals surface area contributed by atoms with Crippen molar-refractivity contribution in [2.45, 2.75) is 12.8 Å². The van der Waals surface area contributed by atoms with E-state index in [0.29, 0.717) is 39.8 Å². The summed E-state index contributed by atoms with van der Waals surface area (Å²) in [7, 11) is 1.28. The maximum absolute atomic E-state index is 12.5. The highest BCUT2D eigenvalue weighted by Crippen LogP contribution is 2.31. The fraction of sp³-hybridized carbons (Fsp3) is 0.235. The number of amides is 2. The lowest BCUT2D eigenvalue weighted by Crippen LogP contribution is -2.24. The van der Waals surface area contributed by atoms with E-state index < -0.39 is 11.9 Å². The third kappa shape index (κ3) is 3.52. The normalized spacial score (nSPS) is 13.8. The molecule has 3 rings (SSSR count). The number of methoxy groups -OCH3 is 1. The predicted molar refractivity (Wildman–Crippen MR) is 96.7 cm³/mol. The third-order valence-electron chi connectivity index (χ3n) is 3.86. The number of nitrogens with one attached hydrogen (secondary N) is 1. The Labute approximate surface area is 153 Å². The summed E-state index contributed by atoms with van der Waals surface area (Å²) < 4.78 is 4.70. The van der Waals surface area contributed by atoms with E-state index in [1.807, 2.05) is 0 Å². The van der Waals surface area contributed by atoms with Gasteiger partial charge in [0.15, 0.2) is 0 Å². The molecule has 1 aromatic carbocycles. The predicted octanol–water partition coefficient (Wildman–Crippen LogP) is 3.57. The Balaban J connectivity index is 1.85. The first-order valence-corrected chi connectivity index (χ1v) is 8.84. The molecule has 0 atom stereocenters. The van der Waals surface area contributed by atoms with Crippen molar-refractivity contribution in [1.29, 1.82) is 0 Å². The van der Waals surface area contributed by atoms with Crippen LogP contribution >= 0.6 is 22.9 Å². The standard InChI is InChI=1S/C17H15ClN2O4S/c1-24-17(23)15-12(6-8-25-15)19-16(22)10-4-5-11(18)13(9-10)20-7-2-3-14(20)21/h4-6,8-9H,2-3,7H2,1H3,(H,19,22). The number of anilines is 2. The van der Waals surface area contributed by atoms with Gasteiger partial charge in [-0.2, -0.15) is 0 Å². The van der Waals surface area contributed by atoms with Crippen molar-refractivity contribution < 1.29 is 19.1 Å². The quantitative estimate of drug-likeness (QED) is 0.825. The number of benzene rings is 1. The Morgan fingerprint density at radius 1 is 1.32 bits per heavy atom. The summed E-state index contributed by atoms with van der Waals surface area (Å²) in [6.07, 6.45) is 1.24. The van der Waals surface area contributed by atoms with Gasteiger partial charge in [-0.25, -0.2) is 4.79 Å². The summed E-state index contributed by atoms with van der Waals surface area (Å²) in [4.78, 5) is 38.1. The van der Waals surface area contributed by atoms with Crippen LogP contribution in [0.3, 0.4) is 0 Å². The van der Waals surface area contributed by atoms with Crippen LogP contribution in [-0.4, -0.2) is 31.4 Å². The van der Waals surface area contributed by atoms with Gasteiger partial charge in [0.2, 0.25) is 5.91 Å². The second-order valence-corrected chi connectivity index (χ2v) is 6.75. The summed E-state index contributed by atoms with van der Waals surface area (Å²) in [6, 6.07) is 6.39.